The third kappa shape index (κ3) is 2.93. The van der Waals surface area contributed by atoms with E-state index >= 15 is 0 Å². The van der Waals surface area contributed by atoms with Crippen molar-refractivity contribution in [3.63, 3.8) is 0 Å². The summed E-state index contributed by atoms with van der Waals surface area (Å²) in [7, 11) is 2.13. The van der Waals surface area contributed by atoms with Crippen molar-refractivity contribution in [2.45, 2.75) is 13.0 Å². The molecule has 88 valence electrons. The van der Waals surface area contributed by atoms with E-state index in [9.17, 15) is 0 Å². The number of hydrogen-bond acceptors (Lipinski definition) is 4. The first kappa shape index (κ1) is 11.4. The van der Waals surface area contributed by atoms with Gasteiger partial charge in [-0.1, -0.05) is 6.07 Å². The molecule has 4 nitrogen and oxygen atoms in total. The summed E-state index contributed by atoms with van der Waals surface area (Å²) >= 11 is 0. The van der Waals surface area contributed by atoms with E-state index in [-0.39, 0.29) is 6.10 Å². The van der Waals surface area contributed by atoms with Gasteiger partial charge in [-0.2, -0.15) is 0 Å². The molecule has 1 fully saturated rings. The Hall–Kier alpha value is -1.13. The number of pyridine rings is 1. The lowest BCUT2D eigenvalue weighted by molar-refractivity contribution is -0.0117. The molecule has 1 aliphatic heterocycles. The van der Waals surface area contributed by atoms with Gasteiger partial charge in [0, 0.05) is 25.8 Å². The second-order valence-electron chi connectivity index (χ2n) is 4.30. The van der Waals surface area contributed by atoms with Crippen LogP contribution in [0.2, 0.25) is 0 Å². The van der Waals surface area contributed by atoms with Crippen LogP contribution < -0.4 is 5.32 Å². The highest BCUT2D eigenvalue weighted by molar-refractivity contribution is 5.42. The van der Waals surface area contributed by atoms with Crippen molar-refractivity contribution in [2.24, 2.45) is 0 Å². The van der Waals surface area contributed by atoms with Crippen molar-refractivity contribution < 1.29 is 4.74 Å². The van der Waals surface area contributed by atoms with Crippen molar-refractivity contribution in [1.82, 2.24) is 9.88 Å². The monoisotopic (exact) mass is 221 g/mol. The van der Waals surface area contributed by atoms with Gasteiger partial charge in [0.05, 0.1) is 12.7 Å². The predicted molar refractivity (Wildman–Crippen MR) is 64.7 cm³/mol. The summed E-state index contributed by atoms with van der Waals surface area (Å²) in [5.74, 6) is 0.958. The number of aryl methyl sites for hydroxylation is 1. The molecule has 2 heterocycles. The Morgan fingerprint density at radius 1 is 1.62 bits per heavy atom. The molecule has 1 unspecified atom stereocenters. The molecule has 4 heteroatoms. The van der Waals surface area contributed by atoms with Gasteiger partial charge in [0.2, 0.25) is 0 Å². The first-order chi connectivity index (χ1) is 7.75. The summed E-state index contributed by atoms with van der Waals surface area (Å²) in [6.45, 7) is 5.72. The third-order valence-electron chi connectivity index (χ3n) is 2.85. The van der Waals surface area contributed by atoms with Gasteiger partial charge < -0.3 is 15.0 Å². The van der Waals surface area contributed by atoms with Gasteiger partial charge in [-0.3, -0.25) is 0 Å². The third-order valence-corrected chi connectivity index (χ3v) is 2.85. The van der Waals surface area contributed by atoms with Crippen molar-refractivity contribution in [2.75, 3.05) is 38.6 Å². The average Bonchev–Trinajstić information content (AvgIpc) is 2.28. The molecule has 0 aromatic carbocycles. The summed E-state index contributed by atoms with van der Waals surface area (Å²) in [5.41, 5.74) is 1.17. The molecular weight excluding hydrogens is 202 g/mol. The van der Waals surface area contributed by atoms with Crippen LogP contribution in [0.1, 0.15) is 5.56 Å². The lowest BCUT2D eigenvalue weighted by Crippen LogP contribution is -2.43. The zero-order chi connectivity index (χ0) is 11.4. The smallest absolute Gasteiger partial charge is 0.128 e. The normalized spacial score (nSPS) is 22.0. The number of morpholine rings is 1. The molecule has 1 atom stereocenters. The van der Waals surface area contributed by atoms with Gasteiger partial charge >= 0.3 is 0 Å². The quantitative estimate of drug-likeness (QED) is 0.830. The van der Waals surface area contributed by atoms with E-state index in [2.05, 4.69) is 35.2 Å². The maximum absolute atomic E-state index is 5.68. The van der Waals surface area contributed by atoms with Gasteiger partial charge in [-0.25, -0.2) is 4.98 Å². The zero-order valence-corrected chi connectivity index (χ0v) is 9.94. The van der Waals surface area contributed by atoms with E-state index < -0.39 is 0 Å². The molecule has 0 spiro atoms. The van der Waals surface area contributed by atoms with E-state index in [1.165, 1.54) is 5.56 Å². The van der Waals surface area contributed by atoms with Crippen LogP contribution in [0.15, 0.2) is 18.3 Å². The van der Waals surface area contributed by atoms with Crippen LogP contribution in [0.4, 0.5) is 5.82 Å². The molecule has 1 aliphatic rings. The minimum absolute atomic E-state index is 0.264. The van der Waals surface area contributed by atoms with Crippen LogP contribution in [-0.4, -0.2) is 49.3 Å². The van der Waals surface area contributed by atoms with E-state index in [4.69, 9.17) is 4.74 Å². The van der Waals surface area contributed by atoms with Crippen LogP contribution in [0, 0.1) is 6.92 Å². The first-order valence-electron chi connectivity index (χ1n) is 5.71. The molecule has 0 amide bonds. The van der Waals surface area contributed by atoms with Crippen molar-refractivity contribution in [3.8, 4) is 0 Å². The fourth-order valence-corrected chi connectivity index (χ4v) is 1.87. The number of hydrogen-bond donors (Lipinski definition) is 1. The van der Waals surface area contributed by atoms with E-state index in [1.807, 2.05) is 12.3 Å². The molecule has 1 saturated heterocycles. The number of rotatable bonds is 3. The lowest BCUT2D eigenvalue weighted by Gasteiger charge is -2.30. The van der Waals surface area contributed by atoms with Crippen LogP contribution in [0.3, 0.4) is 0 Å². The largest absolute Gasteiger partial charge is 0.374 e. The van der Waals surface area contributed by atoms with E-state index in [1.54, 1.807) is 0 Å². The average molecular weight is 221 g/mol. The lowest BCUT2D eigenvalue weighted by atomic mass is 10.2. The molecule has 1 aromatic heterocycles. The molecule has 0 saturated carbocycles. The Kier molecular flexibility index (Phi) is 3.74. The van der Waals surface area contributed by atoms with Crippen LogP contribution in [-0.2, 0) is 4.74 Å². The molecule has 2 rings (SSSR count). The Bertz CT molecular complexity index is 343. The number of nitrogens with zero attached hydrogens (tertiary/aromatic N) is 2. The molecule has 0 bridgehead atoms. The summed E-state index contributed by atoms with van der Waals surface area (Å²) in [4.78, 5) is 6.59. The van der Waals surface area contributed by atoms with Crippen LogP contribution >= 0.6 is 0 Å². The number of likely N-dealkylation sites (N-methyl/N-ethyl adjacent to an activating group) is 1. The summed E-state index contributed by atoms with van der Waals surface area (Å²) in [6, 6.07) is 4.01. The van der Waals surface area contributed by atoms with Crippen molar-refractivity contribution in [3.05, 3.63) is 23.9 Å². The number of ether oxygens (including phenoxy) is 1. The van der Waals surface area contributed by atoms with Crippen molar-refractivity contribution in [1.29, 1.82) is 0 Å². The molecular formula is C12H19N3O. The highest BCUT2D eigenvalue weighted by Crippen LogP contribution is 2.10. The number of nitrogens with one attached hydrogen (secondary N) is 1. The zero-order valence-electron chi connectivity index (χ0n) is 9.94. The first-order valence-corrected chi connectivity index (χ1v) is 5.71. The number of aromatic nitrogens is 1. The Morgan fingerprint density at radius 3 is 3.25 bits per heavy atom. The number of anilines is 1. The topological polar surface area (TPSA) is 37.4 Å². The fraction of sp³-hybridized carbons (Fsp3) is 0.583. The standard InChI is InChI=1S/C12H19N3O/c1-10-4-3-5-13-12(10)14-8-11-9-15(2)6-7-16-11/h3-5,11H,6-9H2,1-2H3,(H,13,14). The molecule has 1 N–H and O–H groups in total. The Balaban J connectivity index is 1.85. The molecule has 0 aliphatic carbocycles. The maximum atomic E-state index is 5.68. The minimum Gasteiger partial charge on any atom is -0.374 e. The maximum Gasteiger partial charge on any atom is 0.128 e. The second kappa shape index (κ2) is 5.27. The minimum atomic E-state index is 0.264. The van der Waals surface area contributed by atoms with Crippen molar-refractivity contribution >= 4 is 5.82 Å². The summed E-state index contributed by atoms with van der Waals surface area (Å²) < 4.78 is 5.68. The SMILES string of the molecule is Cc1cccnc1NCC1CN(C)CCO1. The predicted octanol–water partition coefficient (Wildman–Crippen LogP) is 1.13. The van der Waals surface area contributed by atoms with Crippen LogP contribution in [0.25, 0.3) is 0 Å². The Morgan fingerprint density at radius 2 is 2.50 bits per heavy atom. The van der Waals surface area contributed by atoms with Gasteiger partial charge in [0.25, 0.3) is 0 Å². The van der Waals surface area contributed by atoms with Gasteiger partial charge in [0.1, 0.15) is 5.82 Å². The Labute approximate surface area is 96.6 Å². The van der Waals surface area contributed by atoms with E-state index in [0.717, 1.165) is 32.1 Å². The van der Waals surface area contributed by atoms with Gasteiger partial charge in [-0.15, -0.1) is 0 Å². The van der Waals surface area contributed by atoms with Gasteiger partial charge in [-0.05, 0) is 25.6 Å². The highest BCUT2D eigenvalue weighted by atomic mass is 16.5. The second-order valence-corrected chi connectivity index (χ2v) is 4.30. The summed E-state index contributed by atoms with van der Waals surface area (Å²) in [5, 5.41) is 3.34. The molecule has 0 radical (unpaired) electrons. The van der Waals surface area contributed by atoms with E-state index in [0.29, 0.717) is 0 Å². The van der Waals surface area contributed by atoms with Gasteiger partial charge in [0.15, 0.2) is 0 Å². The fourth-order valence-electron chi connectivity index (χ4n) is 1.87. The molecule has 16 heavy (non-hydrogen) atoms. The summed E-state index contributed by atoms with van der Waals surface area (Å²) in [6.07, 6.45) is 2.07. The molecule has 1 aromatic rings. The highest BCUT2D eigenvalue weighted by Gasteiger charge is 2.17. The van der Waals surface area contributed by atoms with Crippen LogP contribution in [0.5, 0.6) is 0 Å².